The first-order valence-corrected chi connectivity index (χ1v) is 6.01. The number of rotatable bonds is 3. The van der Waals surface area contributed by atoms with Crippen LogP contribution in [0.25, 0.3) is 0 Å². The van der Waals surface area contributed by atoms with E-state index in [2.05, 4.69) is 21.1 Å². The number of carbonyl (C=O) groups excluding carboxylic acids is 1. The Balaban J connectivity index is 2.14. The van der Waals surface area contributed by atoms with Crippen LogP contribution in [0.3, 0.4) is 0 Å². The molecule has 0 radical (unpaired) electrons. The molecule has 4 heteroatoms. The molecule has 0 amide bonds. The number of hydrogen-bond acceptors (Lipinski definition) is 4. The van der Waals surface area contributed by atoms with Crippen LogP contribution < -0.4 is 5.32 Å². The van der Waals surface area contributed by atoms with E-state index < -0.39 is 0 Å². The molecule has 2 heterocycles. The summed E-state index contributed by atoms with van der Waals surface area (Å²) in [5.74, 6) is 0.843. The molecule has 0 atom stereocenters. The maximum absolute atomic E-state index is 11.1. The van der Waals surface area contributed by atoms with Gasteiger partial charge in [0.05, 0.1) is 7.11 Å². The van der Waals surface area contributed by atoms with Gasteiger partial charge in [-0.25, -0.2) is 4.98 Å². The summed E-state index contributed by atoms with van der Waals surface area (Å²) < 4.78 is 4.65. The number of ether oxygens (including phenoxy) is 1. The van der Waals surface area contributed by atoms with Crippen molar-refractivity contribution in [2.45, 2.75) is 32.6 Å². The fourth-order valence-corrected chi connectivity index (χ4v) is 2.12. The van der Waals surface area contributed by atoms with Gasteiger partial charge >= 0.3 is 5.97 Å². The van der Waals surface area contributed by atoms with Gasteiger partial charge in [0.1, 0.15) is 5.82 Å². The van der Waals surface area contributed by atoms with Crippen molar-refractivity contribution in [2.75, 3.05) is 19.0 Å². The third-order valence-corrected chi connectivity index (χ3v) is 3.14. The Morgan fingerprint density at radius 3 is 3.18 bits per heavy atom. The molecule has 0 saturated carbocycles. The average Bonchev–Trinajstić information content (AvgIpc) is 2.35. The fourth-order valence-electron chi connectivity index (χ4n) is 2.12. The van der Waals surface area contributed by atoms with Gasteiger partial charge in [-0.2, -0.15) is 0 Å². The molecule has 2 rings (SSSR count). The normalized spacial score (nSPS) is 13.8. The lowest BCUT2D eigenvalue weighted by Crippen LogP contribution is -2.15. The minimum absolute atomic E-state index is 0.166. The second kappa shape index (κ2) is 5.17. The van der Waals surface area contributed by atoms with E-state index in [9.17, 15) is 4.79 Å². The van der Waals surface area contributed by atoms with E-state index in [0.717, 1.165) is 36.5 Å². The predicted octanol–water partition coefficient (Wildman–Crippen LogP) is 1.85. The van der Waals surface area contributed by atoms with Crippen molar-refractivity contribution in [1.82, 2.24) is 4.98 Å². The first kappa shape index (κ1) is 11.9. The molecule has 0 fully saturated rings. The maximum atomic E-state index is 11.1. The summed E-state index contributed by atoms with van der Waals surface area (Å²) in [6, 6.07) is 2.17. The molecule has 1 aromatic rings. The van der Waals surface area contributed by atoms with Crippen LogP contribution in [0.4, 0.5) is 5.82 Å². The zero-order valence-corrected chi connectivity index (χ0v) is 10.4. The Kier molecular flexibility index (Phi) is 3.61. The van der Waals surface area contributed by atoms with Gasteiger partial charge in [-0.05, 0) is 37.3 Å². The Hall–Kier alpha value is -1.58. The average molecular weight is 234 g/mol. The zero-order chi connectivity index (χ0) is 12.3. The van der Waals surface area contributed by atoms with Crippen LogP contribution >= 0.6 is 0 Å². The van der Waals surface area contributed by atoms with E-state index in [1.165, 1.54) is 12.7 Å². The molecule has 0 unspecified atom stereocenters. The van der Waals surface area contributed by atoms with Crippen LogP contribution in [0.1, 0.15) is 29.7 Å². The molecule has 0 saturated heterocycles. The van der Waals surface area contributed by atoms with Crippen molar-refractivity contribution in [3.63, 3.8) is 0 Å². The lowest BCUT2D eigenvalue weighted by Gasteiger charge is -2.19. The van der Waals surface area contributed by atoms with E-state index in [-0.39, 0.29) is 5.97 Å². The van der Waals surface area contributed by atoms with Crippen LogP contribution in [0, 0.1) is 6.92 Å². The number of nitrogens with zero attached hydrogens (tertiary/aromatic N) is 1. The van der Waals surface area contributed by atoms with Gasteiger partial charge in [0.2, 0.25) is 0 Å². The topological polar surface area (TPSA) is 51.2 Å². The third-order valence-electron chi connectivity index (χ3n) is 3.14. The van der Waals surface area contributed by atoms with Crippen molar-refractivity contribution in [3.05, 3.63) is 22.9 Å². The molecule has 1 N–H and O–H groups in total. The number of fused-ring (bicyclic) bond motifs is 1. The number of anilines is 1. The van der Waals surface area contributed by atoms with Gasteiger partial charge < -0.3 is 10.1 Å². The van der Waals surface area contributed by atoms with E-state index in [4.69, 9.17) is 0 Å². The zero-order valence-electron chi connectivity index (χ0n) is 10.4. The van der Waals surface area contributed by atoms with E-state index in [1.807, 2.05) is 6.92 Å². The van der Waals surface area contributed by atoms with Gasteiger partial charge in [-0.3, -0.25) is 4.79 Å². The SMILES string of the molecule is COC(=O)CCc1cc2c(nc1C)NCCC2. The van der Waals surface area contributed by atoms with E-state index in [1.54, 1.807) is 0 Å². The highest BCUT2D eigenvalue weighted by Crippen LogP contribution is 2.23. The number of pyridine rings is 1. The number of methoxy groups -OCH3 is 1. The maximum Gasteiger partial charge on any atom is 0.305 e. The molecule has 4 nitrogen and oxygen atoms in total. The van der Waals surface area contributed by atoms with Gasteiger partial charge in [0, 0.05) is 18.7 Å². The lowest BCUT2D eigenvalue weighted by molar-refractivity contribution is -0.140. The molecule has 0 bridgehead atoms. The third kappa shape index (κ3) is 2.75. The van der Waals surface area contributed by atoms with E-state index >= 15 is 0 Å². The van der Waals surface area contributed by atoms with Gasteiger partial charge in [-0.1, -0.05) is 6.07 Å². The summed E-state index contributed by atoms with van der Waals surface area (Å²) in [5, 5.41) is 3.30. The number of nitrogens with one attached hydrogen (secondary N) is 1. The Morgan fingerprint density at radius 2 is 2.41 bits per heavy atom. The summed E-state index contributed by atoms with van der Waals surface area (Å²) in [6.07, 6.45) is 3.35. The second-order valence-corrected chi connectivity index (χ2v) is 4.35. The molecule has 17 heavy (non-hydrogen) atoms. The van der Waals surface area contributed by atoms with Crippen molar-refractivity contribution >= 4 is 11.8 Å². The van der Waals surface area contributed by atoms with Crippen LogP contribution in [0.5, 0.6) is 0 Å². The molecule has 92 valence electrons. The van der Waals surface area contributed by atoms with Crippen LogP contribution in [-0.4, -0.2) is 24.6 Å². The molecule has 0 spiro atoms. The number of hydrogen-bond donors (Lipinski definition) is 1. The molecule has 1 aliphatic rings. The Morgan fingerprint density at radius 1 is 1.59 bits per heavy atom. The molecule has 0 aliphatic carbocycles. The molecular formula is C13H18N2O2. The Labute approximate surface area is 101 Å². The largest absolute Gasteiger partial charge is 0.469 e. The van der Waals surface area contributed by atoms with Crippen LogP contribution in [0.2, 0.25) is 0 Å². The van der Waals surface area contributed by atoms with Gasteiger partial charge in [0.25, 0.3) is 0 Å². The smallest absolute Gasteiger partial charge is 0.305 e. The molecule has 1 aromatic heterocycles. The molecular weight excluding hydrogens is 216 g/mol. The predicted molar refractivity (Wildman–Crippen MR) is 66.1 cm³/mol. The van der Waals surface area contributed by atoms with Gasteiger partial charge in [0.15, 0.2) is 0 Å². The highest BCUT2D eigenvalue weighted by Gasteiger charge is 2.13. The van der Waals surface area contributed by atoms with Crippen LogP contribution in [-0.2, 0) is 22.4 Å². The lowest BCUT2D eigenvalue weighted by atomic mass is 10.0. The minimum Gasteiger partial charge on any atom is -0.469 e. The monoisotopic (exact) mass is 234 g/mol. The fraction of sp³-hybridized carbons (Fsp3) is 0.538. The highest BCUT2D eigenvalue weighted by molar-refractivity contribution is 5.69. The quantitative estimate of drug-likeness (QED) is 0.811. The number of aryl methyl sites for hydroxylation is 3. The first-order valence-electron chi connectivity index (χ1n) is 6.01. The van der Waals surface area contributed by atoms with Crippen molar-refractivity contribution in [3.8, 4) is 0 Å². The van der Waals surface area contributed by atoms with E-state index in [0.29, 0.717) is 12.8 Å². The highest BCUT2D eigenvalue weighted by atomic mass is 16.5. The van der Waals surface area contributed by atoms with Crippen molar-refractivity contribution in [1.29, 1.82) is 0 Å². The molecule has 1 aliphatic heterocycles. The number of carbonyl (C=O) groups is 1. The summed E-state index contributed by atoms with van der Waals surface area (Å²) in [7, 11) is 1.42. The van der Waals surface area contributed by atoms with Crippen LogP contribution in [0.15, 0.2) is 6.07 Å². The Bertz CT molecular complexity index is 430. The summed E-state index contributed by atoms with van der Waals surface area (Å²) in [4.78, 5) is 15.7. The second-order valence-electron chi connectivity index (χ2n) is 4.35. The van der Waals surface area contributed by atoms with Crippen molar-refractivity contribution < 1.29 is 9.53 Å². The van der Waals surface area contributed by atoms with Crippen molar-refractivity contribution in [2.24, 2.45) is 0 Å². The number of esters is 1. The minimum atomic E-state index is -0.166. The summed E-state index contributed by atoms with van der Waals surface area (Å²) in [5.41, 5.74) is 3.42. The van der Waals surface area contributed by atoms with Gasteiger partial charge in [-0.15, -0.1) is 0 Å². The first-order chi connectivity index (χ1) is 8.20. The molecule has 0 aromatic carbocycles. The standard InChI is InChI=1S/C13H18N2O2/c1-9-10(5-6-12(16)17-2)8-11-4-3-7-14-13(11)15-9/h8H,3-7H2,1-2H3,(H,14,15). The summed E-state index contributed by atoms with van der Waals surface area (Å²) in [6.45, 7) is 2.99. The number of aromatic nitrogens is 1. The summed E-state index contributed by atoms with van der Waals surface area (Å²) >= 11 is 0.